The second-order valence-electron chi connectivity index (χ2n) is 2.16. The van der Waals surface area contributed by atoms with Gasteiger partial charge < -0.3 is 9.73 Å². The lowest BCUT2D eigenvalue weighted by atomic mass is 10.5. The standard InChI is InChI=1S/C6H8O.C2H7N/c1-5-3-4-6(2)7-5;1-3-2/h3-4H,1-2H3;3H,1-2H3. The van der Waals surface area contributed by atoms with Crippen molar-refractivity contribution in [2.75, 3.05) is 14.1 Å². The summed E-state index contributed by atoms with van der Waals surface area (Å²) in [7, 11) is 3.75. The number of rotatable bonds is 0. The minimum atomic E-state index is 0.984. The van der Waals surface area contributed by atoms with Crippen LogP contribution in [0.15, 0.2) is 16.5 Å². The molecule has 2 heteroatoms. The highest BCUT2D eigenvalue weighted by atomic mass is 16.3. The summed E-state index contributed by atoms with van der Waals surface area (Å²) in [5.41, 5.74) is 0. The molecule has 0 amide bonds. The van der Waals surface area contributed by atoms with Gasteiger partial charge in [-0.3, -0.25) is 0 Å². The Kier molecular flexibility index (Phi) is 4.67. The summed E-state index contributed by atoms with van der Waals surface area (Å²) < 4.78 is 5.08. The van der Waals surface area contributed by atoms with Gasteiger partial charge in [0.1, 0.15) is 11.5 Å². The molecule has 10 heavy (non-hydrogen) atoms. The third-order valence-electron chi connectivity index (χ3n) is 0.875. The molecule has 1 heterocycles. The maximum atomic E-state index is 5.08. The van der Waals surface area contributed by atoms with Crippen LogP contribution in [0.5, 0.6) is 0 Å². The van der Waals surface area contributed by atoms with Crippen LogP contribution in [0.1, 0.15) is 11.5 Å². The van der Waals surface area contributed by atoms with E-state index in [1.807, 2.05) is 40.1 Å². The van der Waals surface area contributed by atoms with Crippen LogP contribution in [-0.4, -0.2) is 14.1 Å². The molecule has 1 N–H and O–H groups in total. The van der Waals surface area contributed by atoms with Gasteiger partial charge in [0.15, 0.2) is 0 Å². The van der Waals surface area contributed by atoms with Crippen molar-refractivity contribution in [3.05, 3.63) is 23.7 Å². The Morgan fingerprint density at radius 3 is 1.50 bits per heavy atom. The van der Waals surface area contributed by atoms with Gasteiger partial charge in [-0.05, 0) is 40.1 Å². The molecule has 0 fully saturated rings. The minimum absolute atomic E-state index is 0.984. The first kappa shape index (κ1) is 9.24. The second kappa shape index (κ2) is 5.06. The largest absolute Gasteiger partial charge is 0.467 e. The highest BCUT2D eigenvalue weighted by Crippen LogP contribution is 2.02. The van der Waals surface area contributed by atoms with Crippen LogP contribution >= 0.6 is 0 Å². The highest BCUT2D eigenvalue weighted by molar-refractivity contribution is 5.02. The molecule has 1 rings (SSSR count). The van der Waals surface area contributed by atoms with E-state index in [1.54, 1.807) is 0 Å². The van der Waals surface area contributed by atoms with E-state index in [9.17, 15) is 0 Å². The van der Waals surface area contributed by atoms with E-state index >= 15 is 0 Å². The van der Waals surface area contributed by atoms with Crippen LogP contribution in [0.3, 0.4) is 0 Å². The van der Waals surface area contributed by atoms with Gasteiger partial charge in [0.25, 0.3) is 0 Å². The Labute approximate surface area is 62.2 Å². The number of aryl methyl sites for hydroxylation is 2. The molecule has 1 aromatic rings. The van der Waals surface area contributed by atoms with Crippen molar-refractivity contribution in [1.82, 2.24) is 5.32 Å². The van der Waals surface area contributed by atoms with E-state index in [0.29, 0.717) is 0 Å². The molecule has 0 radical (unpaired) electrons. The van der Waals surface area contributed by atoms with Crippen molar-refractivity contribution in [1.29, 1.82) is 0 Å². The van der Waals surface area contributed by atoms with Crippen LogP contribution in [0.2, 0.25) is 0 Å². The van der Waals surface area contributed by atoms with Crippen LogP contribution in [0.25, 0.3) is 0 Å². The molecule has 0 aliphatic rings. The molecule has 0 unspecified atom stereocenters. The molecule has 58 valence electrons. The van der Waals surface area contributed by atoms with E-state index in [1.165, 1.54) is 0 Å². The SMILES string of the molecule is CNC.Cc1ccc(C)o1. The molecule has 0 bridgehead atoms. The average Bonchev–Trinajstić information content (AvgIpc) is 2.17. The van der Waals surface area contributed by atoms with E-state index in [4.69, 9.17) is 4.42 Å². The quantitative estimate of drug-likeness (QED) is 0.595. The molecule has 0 atom stereocenters. The Balaban J connectivity index is 0.000000236. The van der Waals surface area contributed by atoms with Gasteiger partial charge in [-0.15, -0.1) is 0 Å². The van der Waals surface area contributed by atoms with Gasteiger partial charge in [-0.2, -0.15) is 0 Å². The van der Waals surface area contributed by atoms with Crippen LogP contribution in [0, 0.1) is 13.8 Å². The van der Waals surface area contributed by atoms with Gasteiger partial charge in [0.05, 0.1) is 0 Å². The maximum Gasteiger partial charge on any atom is 0.101 e. The molecule has 2 nitrogen and oxygen atoms in total. The van der Waals surface area contributed by atoms with Gasteiger partial charge in [0.2, 0.25) is 0 Å². The fourth-order valence-corrected chi connectivity index (χ4v) is 0.557. The summed E-state index contributed by atoms with van der Waals surface area (Å²) in [5.74, 6) is 1.97. The summed E-state index contributed by atoms with van der Waals surface area (Å²) >= 11 is 0. The summed E-state index contributed by atoms with van der Waals surface area (Å²) in [4.78, 5) is 0. The fourth-order valence-electron chi connectivity index (χ4n) is 0.557. The average molecular weight is 141 g/mol. The molecular formula is C8H15NO. The Morgan fingerprint density at radius 1 is 1.10 bits per heavy atom. The Morgan fingerprint density at radius 2 is 1.40 bits per heavy atom. The van der Waals surface area contributed by atoms with Crippen molar-refractivity contribution in [2.24, 2.45) is 0 Å². The number of hydrogen-bond acceptors (Lipinski definition) is 2. The predicted molar refractivity (Wildman–Crippen MR) is 43.2 cm³/mol. The van der Waals surface area contributed by atoms with Crippen molar-refractivity contribution < 1.29 is 4.42 Å². The molecule has 0 aliphatic heterocycles. The molecule has 0 spiro atoms. The topological polar surface area (TPSA) is 25.2 Å². The number of furan rings is 1. The first-order valence-electron chi connectivity index (χ1n) is 3.32. The van der Waals surface area contributed by atoms with E-state index in [0.717, 1.165) is 11.5 Å². The zero-order chi connectivity index (χ0) is 7.98. The van der Waals surface area contributed by atoms with Crippen LogP contribution in [0.4, 0.5) is 0 Å². The van der Waals surface area contributed by atoms with Crippen molar-refractivity contribution in [3.8, 4) is 0 Å². The Hall–Kier alpha value is -0.760. The molecule has 1 aromatic heterocycles. The highest BCUT2D eigenvalue weighted by Gasteiger charge is 1.85. The van der Waals surface area contributed by atoms with Crippen molar-refractivity contribution in [3.63, 3.8) is 0 Å². The van der Waals surface area contributed by atoms with Crippen molar-refractivity contribution in [2.45, 2.75) is 13.8 Å². The zero-order valence-corrected chi connectivity index (χ0v) is 7.06. The first-order chi connectivity index (χ1) is 4.70. The number of nitrogens with one attached hydrogen (secondary N) is 1. The van der Waals surface area contributed by atoms with Gasteiger partial charge in [-0.25, -0.2) is 0 Å². The second-order valence-corrected chi connectivity index (χ2v) is 2.16. The smallest absolute Gasteiger partial charge is 0.101 e. The lowest BCUT2D eigenvalue weighted by molar-refractivity contribution is 0.504. The monoisotopic (exact) mass is 141 g/mol. The molecule has 0 saturated carbocycles. The van der Waals surface area contributed by atoms with Crippen molar-refractivity contribution >= 4 is 0 Å². The van der Waals surface area contributed by atoms with Gasteiger partial charge in [-0.1, -0.05) is 0 Å². The summed E-state index contributed by atoms with van der Waals surface area (Å²) in [6.45, 7) is 3.88. The lowest BCUT2D eigenvalue weighted by Crippen LogP contribution is -1.89. The zero-order valence-electron chi connectivity index (χ0n) is 7.06. The predicted octanol–water partition coefficient (Wildman–Crippen LogP) is 1.73. The third-order valence-corrected chi connectivity index (χ3v) is 0.875. The third kappa shape index (κ3) is 4.15. The minimum Gasteiger partial charge on any atom is -0.467 e. The van der Waals surface area contributed by atoms with E-state index in [2.05, 4.69) is 5.32 Å². The fraction of sp³-hybridized carbons (Fsp3) is 0.500. The van der Waals surface area contributed by atoms with Gasteiger partial charge in [0, 0.05) is 0 Å². The van der Waals surface area contributed by atoms with Crippen LogP contribution < -0.4 is 5.32 Å². The Bertz CT molecular complexity index is 153. The van der Waals surface area contributed by atoms with Crippen LogP contribution in [-0.2, 0) is 0 Å². The summed E-state index contributed by atoms with van der Waals surface area (Å²) in [6, 6.07) is 3.91. The van der Waals surface area contributed by atoms with E-state index < -0.39 is 0 Å². The molecule has 0 aromatic carbocycles. The molecular weight excluding hydrogens is 126 g/mol. The summed E-state index contributed by atoms with van der Waals surface area (Å²) in [5, 5.41) is 2.75. The van der Waals surface area contributed by atoms with Gasteiger partial charge >= 0.3 is 0 Å². The summed E-state index contributed by atoms with van der Waals surface area (Å²) in [6.07, 6.45) is 0. The normalized spacial score (nSPS) is 8.40. The van der Waals surface area contributed by atoms with E-state index in [-0.39, 0.29) is 0 Å². The molecule has 0 aliphatic carbocycles. The number of hydrogen-bond donors (Lipinski definition) is 1. The lowest BCUT2D eigenvalue weighted by Gasteiger charge is -1.76. The first-order valence-corrected chi connectivity index (χ1v) is 3.32. The maximum absolute atomic E-state index is 5.08. The molecule has 0 saturated heterocycles.